The Kier molecular flexibility index (Phi) is 21.0. The fourth-order valence-corrected chi connectivity index (χ4v) is 6.57. The van der Waals surface area contributed by atoms with Crippen LogP contribution in [0.2, 0.25) is 0 Å². The largest absolute Gasteiger partial charge is 4.00 e. The van der Waals surface area contributed by atoms with Gasteiger partial charge in [0.1, 0.15) is 11.5 Å². The summed E-state index contributed by atoms with van der Waals surface area (Å²) < 4.78 is 6.35. The van der Waals surface area contributed by atoms with Crippen molar-refractivity contribution in [3.05, 3.63) is 230 Å². The molecular weight excluding hydrogens is 810 g/mol. The number of nitrogens with zero attached hydrogens (tertiary/aromatic N) is 1. The van der Waals surface area contributed by atoms with Crippen LogP contribution in [-0.2, 0) is 26.2 Å². The van der Waals surface area contributed by atoms with E-state index in [1.165, 1.54) is 16.8 Å². The van der Waals surface area contributed by atoms with Gasteiger partial charge < -0.3 is 14.7 Å². The molecule has 7 aromatic rings. The zero-order valence-electron chi connectivity index (χ0n) is 36.4. The molecule has 0 aliphatic rings. The number of benzene rings is 7. The van der Waals surface area contributed by atoms with Gasteiger partial charge in [-0.25, -0.2) is 0 Å². The van der Waals surface area contributed by atoms with Crippen LogP contribution in [0.4, 0.5) is 5.69 Å². The Bertz CT molecular complexity index is 2120. The molecule has 0 unspecified atom stereocenters. The zero-order chi connectivity index (χ0) is 42.6. The minimum absolute atomic E-state index is 0. The molecule has 0 aliphatic heterocycles. The van der Waals surface area contributed by atoms with Crippen LogP contribution in [0.25, 0.3) is 22.3 Å². The number of ether oxygens (including phenoxy) is 1. The maximum atomic E-state index is 11.3. The standard InChI is InChI=1S/C35H41NO2.3C7H7.Zr/c1-24(2)28-15-10-16-29(25(3)4)34(28)36(6)21-12-22-38-33-20-19-26(5)23-32(33)31-18-11-17-30(35(31)37)27-13-8-7-9-14-27;3*1-7-5-3-2-4-6-7;/h7-11,13-20,23-25,37H,12,21-22H2,1-6H3;3*2-6H,1H2;/q;3*-1;+4. The molecule has 0 aromatic heterocycles. The number of phenolic OH excluding ortho intramolecular Hbond substituents is 1. The summed E-state index contributed by atoms with van der Waals surface area (Å²) in [5.74, 6) is 2.01. The molecule has 7 rings (SSSR count). The molecule has 306 valence electrons. The van der Waals surface area contributed by atoms with Crippen molar-refractivity contribution < 1.29 is 36.0 Å². The van der Waals surface area contributed by atoms with Gasteiger partial charge in [0.2, 0.25) is 0 Å². The van der Waals surface area contributed by atoms with Crippen molar-refractivity contribution in [3.63, 3.8) is 0 Å². The van der Waals surface area contributed by atoms with E-state index in [4.69, 9.17) is 4.74 Å². The summed E-state index contributed by atoms with van der Waals surface area (Å²) in [6.45, 7) is 23.8. The van der Waals surface area contributed by atoms with Crippen LogP contribution >= 0.6 is 0 Å². The summed E-state index contributed by atoms with van der Waals surface area (Å²) in [4.78, 5) is 2.39. The number of aromatic hydroxyl groups is 1. The Labute approximate surface area is 381 Å². The smallest absolute Gasteiger partial charge is 0.507 e. The molecular formula is C56H62NO2Zr+. The number of rotatable bonds is 10. The molecule has 0 heterocycles. The van der Waals surface area contributed by atoms with Crippen LogP contribution in [-0.4, -0.2) is 25.3 Å². The first-order valence-electron chi connectivity index (χ1n) is 20.5. The summed E-state index contributed by atoms with van der Waals surface area (Å²) in [6.07, 6.45) is 0.893. The van der Waals surface area contributed by atoms with E-state index in [-0.39, 0.29) is 32.0 Å². The zero-order valence-corrected chi connectivity index (χ0v) is 38.9. The molecule has 1 N–H and O–H groups in total. The summed E-state index contributed by atoms with van der Waals surface area (Å²) in [7, 11) is 2.19. The Balaban J connectivity index is 0.000000350. The van der Waals surface area contributed by atoms with Crippen LogP contribution < -0.4 is 9.64 Å². The number of anilines is 1. The van der Waals surface area contributed by atoms with Crippen LogP contribution in [0.15, 0.2) is 176 Å². The van der Waals surface area contributed by atoms with Crippen LogP contribution in [0.1, 0.15) is 79.3 Å². The number of para-hydroxylation sites is 2. The van der Waals surface area contributed by atoms with E-state index in [1.807, 2.05) is 146 Å². The second kappa shape index (κ2) is 25.8. The molecule has 0 bridgehead atoms. The van der Waals surface area contributed by atoms with Gasteiger partial charge in [0.15, 0.2) is 0 Å². The van der Waals surface area contributed by atoms with Crippen molar-refractivity contribution in [2.75, 3.05) is 25.1 Å². The maximum absolute atomic E-state index is 11.3. The van der Waals surface area contributed by atoms with Crippen molar-refractivity contribution in [1.29, 1.82) is 0 Å². The van der Waals surface area contributed by atoms with Crippen molar-refractivity contribution in [3.8, 4) is 33.8 Å². The van der Waals surface area contributed by atoms with E-state index < -0.39 is 0 Å². The fourth-order valence-electron chi connectivity index (χ4n) is 6.57. The molecule has 3 nitrogen and oxygen atoms in total. The topological polar surface area (TPSA) is 32.7 Å². The third-order valence-corrected chi connectivity index (χ3v) is 9.69. The van der Waals surface area contributed by atoms with E-state index in [2.05, 4.69) is 97.7 Å². The molecule has 0 radical (unpaired) electrons. The van der Waals surface area contributed by atoms with E-state index in [9.17, 15) is 5.11 Å². The normalized spacial score (nSPS) is 10.1. The maximum Gasteiger partial charge on any atom is 4.00 e. The van der Waals surface area contributed by atoms with Gasteiger partial charge in [-0.3, -0.25) is 0 Å². The predicted octanol–water partition coefficient (Wildman–Crippen LogP) is 14.8. The third kappa shape index (κ3) is 15.6. The SMILES string of the molecule is Cc1ccc(OCCCN(C)c2c(C(C)C)cccc2C(C)C)c(-c2cccc(-c3ccccc3)c2O)c1.[CH2-]c1ccccc1.[CH2-]c1ccccc1.[CH2-]c1ccccc1.[Zr+4]. The molecule has 0 atom stereocenters. The molecule has 4 heteroatoms. The molecule has 0 fully saturated rings. The molecule has 0 saturated carbocycles. The fraction of sp³-hybridized carbons (Fsp3) is 0.196. The third-order valence-electron chi connectivity index (χ3n) is 9.69. The average Bonchev–Trinajstić information content (AvgIpc) is 3.24. The number of hydrogen-bond donors (Lipinski definition) is 1. The number of phenols is 1. The predicted molar refractivity (Wildman–Crippen MR) is 254 cm³/mol. The molecule has 0 spiro atoms. The monoisotopic (exact) mass is 870 g/mol. The second-order valence-electron chi connectivity index (χ2n) is 15.2. The average molecular weight is 872 g/mol. The first-order valence-corrected chi connectivity index (χ1v) is 20.5. The van der Waals surface area contributed by atoms with E-state index in [0.29, 0.717) is 18.4 Å². The molecule has 60 heavy (non-hydrogen) atoms. The first-order chi connectivity index (χ1) is 28.5. The van der Waals surface area contributed by atoms with Crippen LogP contribution in [0, 0.1) is 27.7 Å². The number of aryl methyl sites for hydroxylation is 1. The summed E-state index contributed by atoms with van der Waals surface area (Å²) in [6, 6.07) is 58.4. The Morgan fingerprint density at radius 3 is 1.40 bits per heavy atom. The summed E-state index contributed by atoms with van der Waals surface area (Å²) in [5.41, 5.74) is 12.0. The second-order valence-corrected chi connectivity index (χ2v) is 15.2. The van der Waals surface area contributed by atoms with Crippen molar-refractivity contribution in [1.82, 2.24) is 0 Å². The van der Waals surface area contributed by atoms with E-state index in [0.717, 1.165) is 63.2 Å². The van der Waals surface area contributed by atoms with Gasteiger partial charge in [-0.05, 0) is 54.0 Å². The Morgan fingerprint density at radius 2 is 0.967 bits per heavy atom. The van der Waals surface area contributed by atoms with Crippen LogP contribution in [0.3, 0.4) is 0 Å². The van der Waals surface area contributed by atoms with Crippen molar-refractivity contribution in [2.24, 2.45) is 0 Å². The molecule has 7 aromatic carbocycles. The molecule has 0 saturated heterocycles. The van der Waals surface area contributed by atoms with Crippen molar-refractivity contribution in [2.45, 2.75) is 52.9 Å². The van der Waals surface area contributed by atoms with Crippen molar-refractivity contribution >= 4 is 5.69 Å². The minimum atomic E-state index is 0. The summed E-state index contributed by atoms with van der Waals surface area (Å²) >= 11 is 0. The Hall–Kier alpha value is -5.57. The Morgan fingerprint density at radius 1 is 0.533 bits per heavy atom. The van der Waals surface area contributed by atoms with Gasteiger partial charge in [-0.15, -0.1) is 36.4 Å². The van der Waals surface area contributed by atoms with Gasteiger partial charge >= 0.3 is 26.2 Å². The minimum Gasteiger partial charge on any atom is -0.507 e. The first kappa shape index (κ1) is 48.8. The van der Waals surface area contributed by atoms with Gasteiger partial charge in [0.05, 0.1) is 6.61 Å². The van der Waals surface area contributed by atoms with Gasteiger partial charge in [-0.2, -0.15) is 73.9 Å². The van der Waals surface area contributed by atoms with Gasteiger partial charge in [-0.1, -0.05) is 124 Å². The van der Waals surface area contributed by atoms with E-state index in [1.54, 1.807) is 0 Å². The molecule has 0 amide bonds. The van der Waals surface area contributed by atoms with Gasteiger partial charge in [0.25, 0.3) is 0 Å². The quantitative estimate of drug-likeness (QED) is 0.110. The summed E-state index contributed by atoms with van der Waals surface area (Å²) in [5, 5.41) is 11.3. The van der Waals surface area contributed by atoms with Gasteiger partial charge in [0, 0.05) is 36.0 Å². The van der Waals surface area contributed by atoms with Crippen LogP contribution in [0.5, 0.6) is 11.5 Å². The number of hydrogen-bond acceptors (Lipinski definition) is 3. The molecule has 0 aliphatic carbocycles. The van der Waals surface area contributed by atoms with E-state index >= 15 is 0 Å².